The van der Waals surface area contributed by atoms with Crippen molar-refractivity contribution < 1.29 is 14.7 Å². The van der Waals surface area contributed by atoms with E-state index in [1.165, 1.54) is 0 Å². The Balaban J connectivity index is 2.71. The maximum atomic E-state index is 12.2. The molecule has 0 aromatic carbocycles. The van der Waals surface area contributed by atoms with Gasteiger partial charge in [0.15, 0.2) is 0 Å². The molecule has 0 aliphatic carbocycles. The first-order valence-corrected chi connectivity index (χ1v) is 7.30. The zero-order chi connectivity index (χ0) is 15.6. The van der Waals surface area contributed by atoms with E-state index in [4.69, 9.17) is 0 Å². The van der Waals surface area contributed by atoms with E-state index < -0.39 is 16.9 Å². The Hall–Kier alpha value is -1.56. The van der Waals surface area contributed by atoms with Crippen molar-refractivity contribution in [2.75, 3.05) is 7.05 Å². The van der Waals surface area contributed by atoms with E-state index in [0.717, 1.165) is 5.56 Å². The number of nitrogens with one attached hydrogen (secondary N) is 1. The summed E-state index contributed by atoms with van der Waals surface area (Å²) >= 11 is 1.58. The fraction of sp³-hybridized carbons (Fsp3) is 0.571. The number of hydrogen-bond donors (Lipinski definition) is 2. The minimum absolute atomic E-state index is 0.282. The number of carbonyl (C=O) groups is 2. The topological polar surface area (TPSA) is 69.6 Å². The molecular weight excluding hydrogens is 276 g/mol. The van der Waals surface area contributed by atoms with Crippen LogP contribution >= 0.6 is 11.3 Å². The molecule has 0 spiro atoms. The lowest BCUT2D eigenvalue weighted by Crippen LogP contribution is -2.59. The second-order valence-corrected chi connectivity index (χ2v) is 6.75. The van der Waals surface area contributed by atoms with Gasteiger partial charge in [-0.25, -0.2) is 4.79 Å². The third-order valence-electron chi connectivity index (χ3n) is 3.86. The Bertz CT molecular complexity index is 481. The normalized spacial score (nSPS) is 12.1. The second-order valence-electron chi connectivity index (χ2n) is 5.97. The number of amides is 2. The molecular formula is C14H22N2O3S. The lowest BCUT2D eigenvalue weighted by atomic mass is 9.74. The lowest BCUT2D eigenvalue weighted by Gasteiger charge is -2.39. The Morgan fingerprint density at radius 1 is 1.35 bits per heavy atom. The SMILES string of the molecule is CN(Cc1ccsc1)C(=O)NC(C)(C)C(C)(C)C(=O)O. The monoisotopic (exact) mass is 298 g/mol. The van der Waals surface area contributed by atoms with E-state index in [2.05, 4.69) is 5.32 Å². The summed E-state index contributed by atoms with van der Waals surface area (Å²) in [5, 5.41) is 16.0. The molecule has 0 saturated heterocycles. The van der Waals surface area contributed by atoms with Crippen LogP contribution in [0.1, 0.15) is 33.3 Å². The molecule has 20 heavy (non-hydrogen) atoms. The molecule has 0 aliphatic rings. The van der Waals surface area contributed by atoms with Crippen molar-refractivity contribution in [3.05, 3.63) is 22.4 Å². The Morgan fingerprint density at radius 2 is 1.95 bits per heavy atom. The van der Waals surface area contributed by atoms with E-state index in [9.17, 15) is 14.7 Å². The second kappa shape index (κ2) is 5.83. The van der Waals surface area contributed by atoms with Crippen molar-refractivity contribution in [1.82, 2.24) is 10.2 Å². The third kappa shape index (κ3) is 3.50. The van der Waals surface area contributed by atoms with Crippen LogP contribution in [-0.2, 0) is 11.3 Å². The van der Waals surface area contributed by atoms with Crippen LogP contribution in [0, 0.1) is 5.41 Å². The highest BCUT2D eigenvalue weighted by Crippen LogP contribution is 2.30. The van der Waals surface area contributed by atoms with Gasteiger partial charge in [-0.1, -0.05) is 0 Å². The number of rotatable bonds is 5. The molecule has 2 amide bonds. The molecule has 2 N–H and O–H groups in total. The quantitative estimate of drug-likeness (QED) is 0.878. The number of carboxylic acids is 1. The number of thiophene rings is 1. The van der Waals surface area contributed by atoms with Gasteiger partial charge in [-0.3, -0.25) is 4.79 Å². The molecule has 0 aliphatic heterocycles. The van der Waals surface area contributed by atoms with Crippen LogP contribution in [0.2, 0.25) is 0 Å². The fourth-order valence-corrected chi connectivity index (χ4v) is 2.17. The highest BCUT2D eigenvalue weighted by Gasteiger charge is 2.44. The molecule has 0 unspecified atom stereocenters. The predicted molar refractivity (Wildman–Crippen MR) is 79.8 cm³/mol. The summed E-state index contributed by atoms with van der Waals surface area (Å²) < 4.78 is 0. The smallest absolute Gasteiger partial charge is 0.317 e. The number of carboxylic acid groups (broad SMARTS) is 1. The molecule has 1 aromatic heterocycles. The van der Waals surface area contributed by atoms with Crippen LogP contribution in [0.3, 0.4) is 0 Å². The van der Waals surface area contributed by atoms with Crippen molar-refractivity contribution in [1.29, 1.82) is 0 Å². The van der Waals surface area contributed by atoms with E-state index in [1.54, 1.807) is 51.0 Å². The maximum absolute atomic E-state index is 12.2. The Morgan fingerprint density at radius 3 is 2.40 bits per heavy atom. The van der Waals surface area contributed by atoms with Crippen molar-refractivity contribution in [3.63, 3.8) is 0 Å². The lowest BCUT2D eigenvalue weighted by molar-refractivity contribution is -0.150. The molecule has 112 valence electrons. The van der Waals surface area contributed by atoms with E-state index in [1.807, 2.05) is 16.8 Å². The Labute approximate surface area is 123 Å². The van der Waals surface area contributed by atoms with Gasteiger partial charge in [0.2, 0.25) is 0 Å². The van der Waals surface area contributed by atoms with Crippen LogP contribution in [0.25, 0.3) is 0 Å². The molecule has 0 atom stereocenters. The van der Waals surface area contributed by atoms with E-state index in [0.29, 0.717) is 6.54 Å². The third-order valence-corrected chi connectivity index (χ3v) is 4.60. The molecule has 6 heteroatoms. The predicted octanol–water partition coefficient (Wildman–Crippen LogP) is 2.78. The molecule has 0 fully saturated rings. The highest BCUT2D eigenvalue weighted by molar-refractivity contribution is 7.07. The van der Waals surface area contributed by atoms with Crippen LogP contribution in [0.4, 0.5) is 4.79 Å². The van der Waals surface area contributed by atoms with Crippen LogP contribution in [0.15, 0.2) is 16.8 Å². The van der Waals surface area contributed by atoms with Crippen molar-refractivity contribution >= 4 is 23.3 Å². The molecule has 1 aromatic rings. The molecule has 0 saturated carbocycles. The average molecular weight is 298 g/mol. The summed E-state index contributed by atoms with van der Waals surface area (Å²) in [4.78, 5) is 25.0. The maximum Gasteiger partial charge on any atom is 0.317 e. The van der Waals surface area contributed by atoms with E-state index in [-0.39, 0.29) is 6.03 Å². The molecule has 1 rings (SSSR count). The van der Waals surface area contributed by atoms with E-state index >= 15 is 0 Å². The van der Waals surface area contributed by atoms with Crippen LogP contribution < -0.4 is 5.32 Å². The summed E-state index contributed by atoms with van der Waals surface area (Å²) in [5.41, 5.74) is -0.868. The van der Waals surface area contributed by atoms with Crippen molar-refractivity contribution in [2.45, 2.75) is 39.8 Å². The van der Waals surface area contributed by atoms with Gasteiger partial charge in [0.25, 0.3) is 0 Å². The Kier molecular flexibility index (Phi) is 4.81. The average Bonchev–Trinajstić information content (AvgIpc) is 2.80. The van der Waals surface area contributed by atoms with Crippen LogP contribution in [0.5, 0.6) is 0 Å². The largest absolute Gasteiger partial charge is 0.481 e. The fourth-order valence-electron chi connectivity index (χ4n) is 1.51. The van der Waals surface area contributed by atoms with Gasteiger partial charge in [0, 0.05) is 13.6 Å². The van der Waals surface area contributed by atoms with Gasteiger partial charge in [-0.15, -0.1) is 0 Å². The molecule has 0 radical (unpaired) electrons. The van der Waals surface area contributed by atoms with Crippen molar-refractivity contribution in [2.24, 2.45) is 5.41 Å². The van der Waals surface area contributed by atoms with Gasteiger partial charge >= 0.3 is 12.0 Å². The van der Waals surface area contributed by atoms with Crippen molar-refractivity contribution in [3.8, 4) is 0 Å². The first-order valence-electron chi connectivity index (χ1n) is 6.35. The zero-order valence-electron chi connectivity index (χ0n) is 12.6. The molecule has 0 bridgehead atoms. The molecule has 5 nitrogen and oxygen atoms in total. The summed E-state index contributed by atoms with van der Waals surface area (Å²) in [6.07, 6.45) is 0. The summed E-state index contributed by atoms with van der Waals surface area (Å²) in [6.45, 7) is 7.15. The first-order chi connectivity index (χ1) is 9.08. The van der Waals surface area contributed by atoms with Crippen LogP contribution in [-0.4, -0.2) is 34.6 Å². The summed E-state index contributed by atoms with van der Waals surface area (Å²) in [5.74, 6) is -0.941. The van der Waals surface area contributed by atoms with Gasteiger partial charge in [-0.05, 0) is 50.1 Å². The number of nitrogens with zero attached hydrogens (tertiary/aromatic N) is 1. The standard InChI is InChI=1S/C14H22N2O3S/c1-13(2,11(17)18)14(3,4)15-12(19)16(5)8-10-6-7-20-9-10/h6-7,9H,8H2,1-5H3,(H,15,19)(H,17,18). The van der Waals surface area contributed by atoms with Gasteiger partial charge in [0.1, 0.15) is 0 Å². The highest BCUT2D eigenvalue weighted by atomic mass is 32.1. The van der Waals surface area contributed by atoms with Gasteiger partial charge in [-0.2, -0.15) is 11.3 Å². The van der Waals surface area contributed by atoms with Gasteiger partial charge in [0.05, 0.1) is 11.0 Å². The summed E-state index contributed by atoms with van der Waals surface area (Å²) in [7, 11) is 1.69. The number of urea groups is 1. The molecule has 1 heterocycles. The zero-order valence-corrected chi connectivity index (χ0v) is 13.4. The summed E-state index contributed by atoms with van der Waals surface area (Å²) in [6, 6.07) is 1.68. The number of aliphatic carboxylic acids is 1. The minimum Gasteiger partial charge on any atom is -0.481 e. The van der Waals surface area contributed by atoms with Gasteiger partial charge < -0.3 is 15.3 Å². The number of hydrogen-bond acceptors (Lipinski definition) is 3. The minimum atomic E-state index is -1.06. The number of carbonyl (C=O) groups excluding carboxylic acids is 1. The first kappa shape index (κ1) is 16.5.